The third-order valence-electron chi connectivity index (χ3n) is 4.80. The van der Waals surface area contributed by atoms with Crippen LogP contribution in [0.3, 0.4) is 0 Å². The molecule has 1 fully saturated rings. The number of halogens is 1. The molecule has 21 heavy (non-hydrogen) atoms. The van der Waals surface area contributed by atoms with Crippen molar-refractivity contribution in [2.45, 2.75) is 37.1 Å². The molecule has 2 nitrogen and oxygen atoms in total. The van der Waals surface area contributed by atoms with Gasteiger partial charge in [-0.15, -0.1) is 0 Å². The van der Waals surface area contributed by atoms with Gasteiger partial charge in [-0.1, -0.05) is 43.2 Å². The lowest BCUT2D eigenvalue weighted by Crippen LogP contribution is -2.39. The monoisotopic (exact) mass is 284 g/mol. The van der Waals surface area contributed by atoms with Crippen molar-refractivity contribution in [2.75, 3.05) is 7.05 Å². The maximum Gasteiger partial charge on any atom is 0.146 e. The molecule has 1 atom stereocenters. The van der Waals surface area contributed by atoms with Crippen LogP contribution >= 0.6 is 0 Å². The molecule has 1 saturated carbocycles. The molecule has 1 N–H and O–H groups in total. The topological polar surface area (TPSA) is 24.9 Å². The second-order valence-corrected chi connectivity index (χ2v) is 5.85. The summed E-state index contributed by atoms with van der Waals surface area (Å²) in [6.45, 7) is 0. The number of pyridine rings is 1. The minimum Gasteiger partial charge on any atom is -0.312 e. The summed E-state index contributed by atoms with van der Waals surface area (Å²) in [6.07, 6.45) is 7.55. The molecule has 0 bridgehead atoms. The second-order valence-electron chi connectivity index (χ2n) is 5.85. The number of hydrogen-bond acceptors (Lipinski definition) is 2. The predicted molar refractivity (Wildman–Crippen MR) is 82.6 cm³/mol. The summed E-state index contributed by atoms with van der Waals surface area (Å²) in [7, 11) is 1.92. The van der Waals surface area contributed by atoms with Crippen molar-refractivity contribution in [2.24, 2.45) is 0 Å². The molecule has 0 radical (unpaired) electrons. The van der Waals surface area contributed by atoms with E-state index in [-0.39, 0.29) is 17.3 Å². The zero-order chi connectivity index (χ0) is 14.7. The number of aromatic nitrogens is 1. The highest BCUT2D eigenvalue weighted by Crippen LogP contribution is 2.49. The van der Waals surface area contributed by atoms with Crippen molar-refractivity contribution in [1.82, 2.24) is 10.3 Å². The molecule has 1 aliphatic carbocycles. The minimum absolute atomic E-state index is 0.0228. The summed E-state index contributed by atoms with van der Waals surface area (Å²) in [5.41, 5.74) is 1.99. The molecule has 0 spiro atoms. The Morgan fingerprint density at radius 2 is 1.86 bits per heavy atom. The summed E-state index contributed by atoms with van der Waals surface area (Å²) in [6, 6.07) is 12.3. The van der Waals surface area contributed by atoms with Crippen LogP contribution in [0.2, 0.25) is 0 Å². The summed E-state index contributed by atoms with van der Waals surface area (Å²) >= 11 is 0. The van der Waals surface area contributed by atoms with E-state index in [1.807, 2.05) is 13.1 Å². The van der Waals surface area contributed by atoms with Crippen LogP contribution < -0.4 is 5.32 Å². The van der Waals surface area contributed by atoms with Gasteiger partial charge < -0.3 is 5.32 Å². The van der Waals surface area contributed by atoms with E-state index >= 15 is 0 Å². The summed E-state index contributed by atoms with van der Waals surface area (Å²) in [5.74, 6) is -0.223. The van der Waals surface area contributed by atoms with Crippen molar-refractivity contribution in [1.29, 1.82) is 0 Å². The fraction of sp³-hybridized carbons (Fsp3) is 0.389. The highest BCUT2D eigenvalue weighted by atomic mass is 19.1. The average Bonchev–Trinajstić information content (AvgIpc) is 3.01. The van der Waals surface area contributed by atoms with Crippen LogP contribution in [0.15, 0.2) is 48.8 Å². The van der Waals surface area contributed by atoms with Crippen LogP contribution in [0.5, 0.6) is 0 Å². The molecule has 0 saturated heterocycles. The molecular weight excluding hydrogens is 263 g/mol. The molecule has 3 heteroatoms. The Labute approximate surface area is 125 Å². The van der Waals surface area contributed by atoms with Crippen LogP contribution in [0.25, 0.3) is 0 Å². The smallest absolute Gasteiger partial charge is 0.146 e. The SMILES string of the molecule is CNC(c1ccncc1F)C1(c2ccccc2)CCCC1. The van der Waals surface area contributed by atoms with Gasteiger partial charge in [0.2, 0.25) is 0 Å². The lowest BCUT2D eigenvalue weighted by atomic mass is 9.70. The Kier molecular flexibility index (Phi) is 4.02. The summed E-state index contributed by atoms with van der Waals surface area (Å²) in [5, 5.41) is 3.37. The Hall–Kier alpha value is -1.74. The molecule has 0 aliphatic heterocycles. The molecular formula is C18H21FN2. The zero-order valence-electron chi connectivity index (χ0n) is 12.3. The molecule has 1 heterocycles. The number of benzene rings is 1. The van der Waals surface area contributed by atoms with Crippen molar-refractivity contribution >= 4 is 0 Å². The molecule has 110 valence electrons. The third-order valence-corrected chi connectivity index (χ3v) is 4.80. The Balaban J connectivity index is 2.10. The number of hydrogen-bond donors (Lipinski definition) is 1. The lowest BCUT2D eigenvalue weighted by Gasteiger charge is -2.38. The van der Waals surface area contributed by atoms with Crippen LogP contribution in [0.1, 0.15) is 42.9 Å². The van der Waals surface area contributed by atoms with Gasteiger partial charge in [-0.3, -0.25) is 4.98 Å². The molecule has 3 rings (SSSR count). The first kappa shape index (κ1) is 14.2. The van der Waals surface area contributed by atoms with E-state index in [9.17, 15) is 4.39 Å². The Morgan fingerprint density at radius 3 is 2.48 bits per heavy atom. The number of likely N-dealkylation sites (N-methyl/N-ethyl adjacent to an activating group) is 1. The van der Waals surface area contributed by atoms with E-state index in [2.05, 4.69) is 34.6 Å². The van der Waals surface area contributed by atoms with Gasteiger partial charge in [0.25, 0.3) is 0 Å². The molecule has 1 aromatic carbocycles. The van der Waals surface area contributed by atoms with E-state index in [1.54, 1.807) is 12.3 Å². The van der Waals surface area contributed by atoms with Crippen molar-refractivity contribution < 1.29 is 4.39 Å². The maximum absolute atomic E-state index is 14.3. The van der Waals surface area contributed by atoms with Gasteiger partial charge in [-0.05, 0) is 31.5 Å². The first-order valence-electron chi connectivity index (χ1n) is 7.60. The zero-order valence-corrected chi connectivity index (χ0v) is 12.3. The first-order chi connectivity index (χ1) is 10.3. The standard InChI is InChI=1S/C18H21FN2/c1-20-17(15-9-12-21-13-16(15)19)18(10-5-6-11-18)14-7-3-2-4-8-14/h2-4,7-9,12-13,17,20H,5-6,10-11H2,1H3. The Bertz CT molecular complexity index is 591. The van der Waals surface area contributed by atoms with Crippen LogP contribution in [-0.2, 0) is 5.41 Å². The van der Waals surface area contributed by atoms with Gasteiger partial charge in [0.05, 0.1) is 6.20 Å². The van der Waals surface area contributed by atoms with Gasteiger partial charge in [0.15, 0.2) is 0 Å². The lowest BCUT2D eigenvalue weighted by molar-refractivity contribution is 0.308. The molecule has 1 unspecified atom stereocenters. The Morgan fingerprint density at radius 1 is 1.14 bits per heavy atom. The maximum atomic E-state index is 14.3. The van der Waals surface area contributed by atoms with E-state index in [0.717, 1.165) is 18.4 Å². The minimum atomic E-state index is -0.223. The number of nitrogens with zero attached hydrogens (tertiary/aromatic N) is 1. The quantitative estimate of drug-likeness (QED) is 0.918. The summed E-state index contributed by atoms with van der Waals surface area (Å²) in [4.78, 5) is 3.88. The normalized spacial score (nSPS) is 18.6. The number of rotatable bonds is 4. The van der Waals surface area contributed by atoms with Crippen LogP contribution in [-0.4, -0.2) is 12.0 Å². The fourth-order valence-corrected chi connectivity index (χ4v) is 3.87. The van der Waals surface area contributed by atoms with E-state index < -0.39 is 0 Å². The highest BCUT2D eigenvalue weighted by Gasteiger charge is 2.43. The van der Waals surface area contributed by atoms with Gasteiger partial charge in [0.1, 0.15) is 5.82 Å². The van der Waals surface area contributed by atoms with Gasteiger partial charge >= 0.3 is 0 Å². The molecule has 1 aliphatic rings. The van der Waals surface area contributed by atoms with Gasteiger partial charge in [-0.25, -0.2) is 4.39 Å². The van der Waals surface area contributed by atoms with E-state index in [4.69, 9.17) is 0 Å². The van der Waals surface area contributed by atoms with Crippen molar-refractivity contribution in [3.8, 4) is 0 Å². The average molecular weight is 284 g/mol. The largest absolute Gasteiger partial charge is 0.312 e. The van der Waals surface area contributed by atoms with E-state index in [1.165, 1.54) is 24.6 Å². The van der Waals surface area contributed by atoms with Gasteiger partial charge in [-0.2, -0.15) is 0 Å². The van der Waals surface area contributed by atoms with Gasteiger partial charge in [0, 0.05) is 23.2 Å². The predicted octanol–water partition coefficient (Wildman–Crippen LogP) is 3.99. The summed E-state index contributed by atoms with van der Waals surface area (Å²) < 4.78 is 14.3. The number of nitrogens with one attached hydrogen (secondary N) is 1. The third kappa shape index (κ3) is 2.46. The molecule has 0 amide bonds. The van der Waals surface area contributed by atoms with Crippen LogP contribution in [0.4, 0.5) is 4.39 Å². The highest BCUT2D eigenvalue weighted by molar-refractivity contribution is 5.34. The molecule has 2 aromatic rings. The second kappa shape index (κ2) is 5.94. The van der Waals surface area contributed by atoms with Crippen molar-refractivity contribution in [3.05, 3.63) is 65.7 Å². The van der Waals surface area contributed by atoms with E-state index in [0.29, 0.717) is 0 Å². The van der Waals surface area contributed by atoms with Crippen LogP contribution in [0, 0.1) is 5.82 Å². The van der Waals surface area contributed by atoms with Crippen molar-refractivity contribution in [3.63, 3.8) is 0 Å². The first-order valence-corrected chi connectivity index (χ1v) is 7.60. The fourth-order valence-electron chi connectivity index (χ4n) is 3.87. The molecule has 1 aromatic heterocycles.